The van der Waals surface area contributed by atoms with E-state index >= 15 is 0 Å². The molecular formula is C5H6O2. The second kappa shape index (κ2) is 1.37. The fourth-order valence-electron chi connectivity index (χ4n) is 0.440. The quantitative estimate of drug-likeness (QED) is 0.412. The van der Waals surface area contributed by atoms with Crippen molar-refractivity contribution in [1.29, 1.82) is 0 Å². The highest BCUT2D eigenvalue weighted by atomic mass is 16.5. The van der Waals surface area contributed by atoms with Gasteiger partial charge in [0.1, 0.15) is 6.61 Å². The predicted molar refractivity (Wildman–Crippen MR) is 24.7 cm³/mol. The molecule has 0 unspecified atom stereocenters. The molecule has 2 heteroatoms. The first-order valence-electron chi connectivity index (χ1n) is 2.14. The van der Waals surface area contributed by atoms with Gasteiger partial charge in [0.25, 0.3) is 0 Å². The van der Waals surface area contributed by atoms with E-state index in [2.05, 4.69) is 4.74 Å². The van der Waals surface area contributed by atoms with Crippen LogP contribution >= 0.6 is 0 Å². The van der Waals surface area contributed by atoms with Gasteiger partial charge in [-0.2, -0.15) is 0 Å². The van der Waals surface area contributed by atoms with Crippen molar-refractivity contribution in [2.45, 2.75) is 6.92 Å². The van der Waals surface area contributed by atoms with Crippen molar-refractivity contribution < 1.29 is 9.53 Å². The normalized spacial score (nSPS) is 19.0. The van der Waals surface area contributed by atoms with Crippen LogP contribution in [0.2, 0.25) is 0 Å². The third kappa shape index (κ3) is 0.633. The van der Waals surface area contributed by atoms with E-state index < -0.39 is 0 Å². The minimum atomic E-state index is -0.181. The average Bonchev–Trinajstić information content (AvgIpc) is 1.91. The molecule has 0 bridgehead atoms. The van der Waals surface area contributed by atoms with Gasteiger partial charge in [-0.1, -0.05) is 0 Å². The van der Waals surface area contributed by atoms with Crippen LogP contribution in [0, 0.1) is 0 Å². The van der Waals surface area contributed by atoms with Crippen LogP contribution < -0.4 is 0 Å². The molecule has 1 aliphatic rings. The molecule has 0 aromatic rings. The molecule has 0 saturated heterocycles. The van der Waals surface area contributed by atoms with Crippen molar-refractivity contribution in [1.82, 2.24) is 0 Å². The van der Waals surface area contributed by atoms with E-state index in [1.807, 2.05) is 0 Å². The van der Waals surface area contributed by atoms with E-state index in [1.165, 1.54) is 0 Å². The summed E-state index contributed by atoms with van der Waals surface area (Å²) in [4.78, 5) is 10.3. The number of carbonyl (C=O) groups excluding carboxylic acids is 1. The lowest BCUT2D eigenvalue weighted by molar-refractivity contribution is -0.135. The zero-order chi connectivity index (χ0) is 5.28. The molecule has 1 rings (SSSR count). The fourth-order valence-corrected chi connectivity index (χ4v) is 0.440. The molecule has 0 aromatic heterocycles. The largest absolute Gasteiger partial charge is 0.458 e. The fraction of sp³-hybridized carbons (Fsp3) is 0.400. The van der Waals surface area contributed by atoms with E-state index in [1.54, 1.807) is 13.0 Å². The van der Waals surface area contributed by atoms with Gasteiger partial charge in [-0.25, -0.2) is 4.79 Å². The zero-order valence-corrected chi connectivity index (χ0v) is 4.10. The van der Waals surface area contributed by atoms with Crippen LogP contribution in [-0.2, 0) is 9.53 Å². The topological polar surface area (TPSA) is 26.3 Å². The SMILES string of the molecule is CC1=CCOC1=O. The molecule has 0 fully saturated rings. The smallest absolute Gasteiger partial charge is 0.333 e. The van der Waals surface area contributed by atoms with Crippen LogP contribution in [0.4, 0.5) is 0 Å². The Morgan fingerprint density at radius 2 is 2.57 bits per heavy atom. The highest BCUT2D eigenvalue weighted by Gasteiger charge is 2.09. The number of esters is 1. The van der Waals surface area contributed by atoms with Crippen LogP contribution in [0.1, 0.15) is 6.92 Å². The standard InChI is InChI=1S/C5H6O2/c1-4-2-3-7-5(4)6/h2H,3H2,1H3. The van der Waals surface area contributed by atoms with Crippen LogP contribution in [0.25, 0.3) is 0 Å². The molecule has 0 saturated carbocycles. The number of rotatable bonds is 0. The number of hydrogen-bond acceptors (Lipinski definition) is 2. The van der Waals surface area contributed by atoms with Crippen molar-refractivity contribution in [2.75, 3.05) is 6.61 Å². The van der Waals surface area contributed by atoms with Crippen molar-refractivity contribution in [3.8, 4) is 0 Å². The predicted octanol–water partition coefficient (Wildman–Crippen LogP) is 0.489. The van der Waals surface area contributed by atoms with Gasteiger partial charge in [-0.05, 0) is 13.0 Å². The lowest BCUT2D eigenvalue weighted by Crippen LogP contribution is -1.94. The maximum absolute atomic E-state index is 10.3. The summed E-state index contributed by atoms with van der Waals surface area (Å²) >= 11 is 0. The van der Waals surface area contributed by atoms with Gasteiger partial charge in [0, 0.05) is 5.57 Å². The summed E-state index contributed by atoms with van der Waals surface area (Å²) in [6.45, 7) is 2.21. The monoisotopic (exact) mass is 98.0 g/mol. The Balaban J connectivity index is 2.72. The minimum absolute atomic E-state index is 0.181. The average molecular weight is 98.1 g/mol. The molecule has 7 heavy (non-hydrogen) atoms. The molecule has 0 aromatic carbocycles. The van der Waals surface area contributed by atoms with Crippen molar-refractivity contribution >= 4 is 5.97 Å². The van der Waals surface area contributed by atoms with Crippen molar-refractivity contribution in [3.63, 3.8) is 0 Å². The van der Waals surface area contributed by atoms with E-state index in [-0.39, 0.29) is 5.97 Å². The Hall–Kier alpha value is -0.790. The summed E-state index contributed by atoms with van der Waals surface area (Å²) in [7, 11) is 0. The molecule has 0 atom stereocenters. The highest BCUT2D eigenvalue weighted by molar-refractivity contribution is 5.89. The van der Waals surface area contributed by atoms with Crippen LogP contribution in [0.5, 0.6) is 0 Å². The Morgan fingerprint density at radius 3 is 2.71 bits per heavy atom. The van der Waals surface area contributed by atoms with Crippen molar-refractivity contribution in [2.24, 2.45) is 0 Å². The highest BCUT2D eigenvalue weighted by Crippen LogP contribution is 2.02. The molecule has 38 valence electrons. The lowest BCUT2D eigenvalue weighted by Gasteiger charge is -1.85. The van der Waals surface area contributed by atoms with Gasteiger partial charge in [0.15, 0.2) is 0 Å². The minimum Gasteiger partial charge on any atom is -0.458 e. The number of cyclic esters (lactones) is 1. The lowest BCUT2D eigenvalue weighted by atomic mass is 10.3. The summed E-state index contributed by atoms with van der Waals surface area (Å²) in [5.41, 5.74) is 0.722. The Morgan fingerprint density at radius 1 is 1.86 bits per heavy atom. The zero-order valence-electron chi connectivity index (χ0n) is 4.10. The molecule has 0 radical (unpaired) electrons. The van der Waals surface area contributed by atoms with Gasteiger partial charge in [-0.15, -0.1) is 0 Å². The molecule has 2 nitrogen and oxygen atoms in total. The third-order valence-corrected chi connectivity index (χ3v) is 0.926. The Bertz CT molecular complexity index is 124. The van der Waals surface area contributed by atoms with Crippen LogP contribution in [0.15, 0.2) is 11.6 Å². The number of carbonyl (C=O) groups is 1. The molecule has 1 aliphatic heterocycles. The van der Waals surface area contributed by atoms with Crippen molar-refractivity contribution in [3.05, 3.63) is 11.6 Å². The Labute approximate surface area is 41.8 Å². The maximum atomic E-state index is 10.3. The summed E-state index contributed by atoms with van der Waals surface area (Å²) in [5, 5.41) is 0. The first kappa shape index (κ1) is 4.37. The summed E-state index contributed by atoms with van der Waals surface area (Å²) in [6, 6.07) is 0. The van der Waals surface area contributed by atoms with Gasteiger partial charge >= 0.3 is 5.97 Å². The number of ether oxygens (including phenoxy) is 1. The molecule has 0 amide bonds. The van der Waals surface area contributed by atoms with Gasteiger partial charge in [-0.3, -0.25) is 0 Å². The molecule has 0 spiro atoms. The Kier molecular flexibility index (Phi) is 0.855. The second-order valence-electron chi connectivity index (χ2n) is 1.49. The van der Waals surface area contributed by atoms with Gasteiger partial charge in [0.2, 0.25) is 0 Å². The van der Waals surface area contributed by atoms with E-state index in [9.17, 15) is 4.79 Å². The third-order valence-electron chi connectivity index (χ3n) is 0.926. The number of hydrogen-bond donors (Lipinski definition) is 0. The van der Waals surface area contributed by atoms with Crippen LogP contribution in [0.3, 0.4) is 0 Å². The van der Waals surface area contributed by atoms with E-state index in [0.29, 0.717) is 6.61 Å². The molecule has 0 aliphatic carbocycles. The molecule has 1 heterocycles. The molecular weight excluding hydrogens is 92.1 g/mol. The summed E-state index contributed by atoms with van der Waals surface area (Å²) in [5.74, 6) is -0.181. The summed E-state index contributed by atoms with van der Waals surface area (Å²) in [6.07, 6.45) is 1.77. The van der Waals surface area contributed by atoms with E-state index in [4.69, 9.17) is 0 Å². The second-order valence-corrected chi connectivity index (χ2v) is 1.49. The summed E-state index contributed by atoms with van der Waals surface area (Å²) < 4.78 is 4.53. The maximum Gasteiger partial charge on any atom is 0.333 e. The first-order valence-corrected chi connectivity index (χ1v) is 2.14. The first-order chi connectivity index (χ1) is 3.30. The van der Waals surface area contributed by atoms with Gasteiger partial charge < -0.3 is 4.74 Å². The van der Waals surface area contributed by atoms with E-state index in [0.717, 1.165) is 5.57 Å². The molecule has 0 N–H and O–H groups in total. The van der Waals surface area contributed by atoms with Crippen LogP contribution in [-0.4, -0.2) is 12.6 Å². The van der Waals surface area contributed by atoms with Gasteiger partial charge in [0.05, 0.1) is 0 Å².